The van der Waals surface area contributed by atoms with Crippen LogP contribution in [0.2, 0.25) is 0 Å². The summed E-state index contributed by atoms with van der Waals surface area (Å²) in [5.41, 5.74) is 9.85. The summed E-state index contributed by atoms with van der Waals surface area (Å²) in [7, 11) is 0. The highest BCUT2D eigenvalue weighted by atomic mass is 14.9. The van der Waals surface area contributed by atoms with Crippen molar-refractivity contribution in [2.24, 2.45) is 0 Å². The fourth-order valence-electron chi connectivity index (χ4n) is 1.44. The Balaban J connectivity index is 2.57. The molecule has 3 nitrogen and oxygen atoms in total. The van der Waals surface area contributed by atoms with E-state index in [1.54, 1.807) is 6.20 Å². The zero-order chi connectivity index (χ0) is 10.1. The van der Waals surface area contributed by atoms with Gasteiger partial charge in [-0.1, -0.05) is 12.1 Å². The highest BCUT2D eigenvalue weighted by molar-refractivity contribution is 5.74. The van der Waals surface area contributed by atoms with Gasteiger partial charge in [-0.2, -0.15) is 0 Å². The van der Waals surface area contributed by atoms with E-state index >= 15 is 0 Å². The van der Waals surface area contributed by atoms with Gasteiger partial charge in [0.05, 0.1) is 0 Å². The van der Waals surface area contributed by atoms with Crippen LogP contribution >= 0.6 is 0 Å². The van der Waals surface area contributed by atoms with Gasteiger partial charge in [0, 0.05) is 23.1 Å². The first-order valence-electron chi connectivity index (χ1n) is 4.55. The number of para-hydroxylation sites is 1. The lowest BCUT2D eigenvalue weighted by molar-refractivity contribution is 1.25. The molecule has 1 aromatic heterocycles. The van der Waals surface area contributed by atoms with Crippen LogP contribution in [0.25, 0.3) is 11.4 Å². The topological polar surface area (TPSA) is 54.7 Å². The normalized spacial score (nSPS) is 10.4. The standard InChI is InChI=1S/C11H13N3/c1-7-4-3-5-9(10(7)12)11-13-6-8(2)14-11/h3-6H,12H2,1-2H3,(H,13,14). The predicted octanol–water partition coefficient (Wildman–Crippen LogP) is 2.28. The smallest absolute Gasteiger partial charge is 0.139 e. The SMILES string of the molecule is Cc1cnc(-c2cccc(C)c2N)[nH]1. The van der Waals surface area contributed by atoms with Gasteiger partial charge in [0.25, 0.3) is 0 Å². The molecule has 0 atom stereocenters. The molecule has 0 aliphatic rings. The molecule has 3 N–H and O–H groups in total. The second-order valence-electron chi connectivity index (χ2n) is 3.45. The summed E-state index contributed by atoms with van der Waals surface area (Å²) in [6, 6.07) is 5.95. The van der Waals surface area contributed by atoms with Gasteiger partial charge in [-0.15, -0.1) is 0 Å². The number of anilines is 1. The molecule has 3 heteroatoms. The third-order valence-corrected chi connectivity index (χ3v) is 2.28. The number of hydrogen-bond acceptors (Lipinski definition) is 2. The quantitative estimate of drug-likeness (QED) is 0.673. The summed E-state index contributed by atoms with van der Waals surface area (Å²) in [5, 5.41) is 0. The Bertz CT molecular complexity index is 457. The summed E-state index contributed by atoms with van der Waals surface area (Å²) < 4.78 is 0. The van der Waals surface area contributed by atoms with Crippen LogP contribution < -0.4 is 5.73 Å². The maximum absolute atomic E-state index is 5.96. The largest absolute Gasteiger partial charge is 0.398 e. The Morgan fingerprint density at radius 2 is 2.07 bits per heavy atom. The number of hydrogen-bond donors (Lipinski definition) is 2. The maximum Gasteiger partial charge on any atom is 0.139 e. The number of nitrogens with two attached hydrogens (primary N) is 1. The molecule has 0 spiro atoms. The number of benzene rings is 1. The van der Waals surface area contributed by atoms with Crippen LogP contribution in [0.3, 0.4) is 0 Å². The van der Waals surface area contributed by atoms with Crippen molar-refractivity contribution in [2.45, 2.75) is 13.8 Å². The summed E-state index contributed by atoms with van der Waals surface area (Å²) in [6.07, 6.45) is 1.80. The zero-order valence-electron chi connectivity index (χ0n) is 8.33. The van der Waals surface area contributed by atoms with Crippen LogP contribution in [0.4, 0.5) is 5.69 Å². The van der Waals surface area contributed by atoms with Crippen molar-refractivity contribution in [3.63, 3.8) is 0 Å². The van der Waals surface area contributed by atoms with Crippen molar-refractivity contribution in [1.29, 1.82) is 0 Å². The minimum atomic E-state index is 0.793. The lowest BCUT2D eigenvalue weighted by Gasteiger charge is -2.04. The molecular formula is C11H13N3. The van der Waals surface area contributed by atoms with Crippen LogP contribution in [-0.2, 0) is 0 Å². The number of nitrogens with one attached hydrogen (secondary N) is 1. The first kappa shape index (κ1) is 8.81. The number of rotatable bonds is 1. The van der Waals surface area contributed by atoms with Gasteiger partial charge in [0.2, 0.25) is 0 Å². The molecule has 0 fully saturated rings. The van der Waals surface area contributed by atoms with Crippen molar-refractivity contribution >= 4 is 5.69 Å². The second kappa shape index (κ2) is 3.18. The number of aromatic nitrogens is 2. The van der Waals surface area contributed by atoms with Gasteiger partial charge in [-0.25, -0.2) is 4.98 Å². The Labute approximate surface area is 83.0 Å². The fourth-order valence-corrected chi connectivity index (χ4v) is 1.44. The van der Waals surface area contributed by atoms with Gasteiger partial charge < -0.3 is 10.7 Å². The number of nitrogen functional groups attached to an aromatic ring is 1. The lowest BCUT2D eigenvalue weighted by atomic mass is 10.1. The summed E-state index contributed by atoms with van der Waals surface area (Å²) in [5.74, 6) is 0.837. The molecule has 0 saturated heterocycles. The van der Waals surface area contributed by atoms with Gasteiger partial charge in [0.15, 0.2) is 0 Å². The molecular weight excluding hydrogens is 174 g/mol. The van der Waals surface area contributed by atoms with Gasteiger partial charge in [0.1, 0.15) is 5.82 Å². The van der Waals surface area contributed by atoms with Crippen LogP contribution in [-0.4, -0.2) is 9.97 Å². The third-order valence-electron chi connectivity index (χ3n) is 2.28. The number of nitrogens with zero attached hydrogens (tertiary/aromatic N) is 1. The molecule has 0 aliphatic heterocycles. The summed E-state index contributed by atoms with van der Waals surface area (Å²) >= 11 is 0. The number of imidazole rings is 1. The molecule has 1 heterocycles. The molecule has 1 aromatic carbocycles. The maximum atomic E-state index is 5.96. The Hall–Kier alpha value is -1.77. The Kier molecular flexibility index (Phi) is 2.00. The van der Waals surface area contributed by atoms with Gasteiger partial charge in [-0.05, 0) is 25.5 Å². The van der Waals surface area contributed by atoms with Crippen LogP contribution in [0.5, 0.6) is 0 Å². The van der Waals surface area contributed by atoms with E-state index in [-0.39, 0.29) is 0 Å². The molecule has 0 amide bonds. The molecule has 0 radical (unpaired) electrons. The number of aromatic amines is 1. The molecule has 72 valence electrons. The van der Waals surface area contributed by atoms with Crippen molar-refractivity contribution in [2.75, 3.05) is 5.73 Å². The van der Waals surface area contributed by atoms with Crippen molar-refractivity contribution in [3.8, 4) is 11.4 Å². The number of aryl methyl sites for hydroxylation is 2. The van der Waals surface area contributed by atoms with E-state index in [9.17, 15) is 0 Å². The van der Waals surface area contributed by atoms with E-state index in [0.29, 0.717) is 0 Å². The average molecular weight is 187 g/mol. The molecule has 0 saturated carbocycles. The second-order valence-corrected chi connectivity index (χ2v) is 3.45. The Morgan fingerprint density at radius 1 is 1.29 bits per heavy atom. The molecule has 0 unspecified atom stereocenters. The van der Waals surface area contributed by atoms with Crippen LogP contribution in [0.1, 0.15) is 11.3 Å². The predicted molar refractivity (Wildman–Crippen MR) is 57.9 cm³/mol. The van der Waals surface area contributed by atoms with Crippen molar-refractivity contribution in [1.82, 2.24) is 9.97 Å². The van der Waals surface area contributed by atoms with E-state index in [4.69, 9.17) is 5.73 Å². The minimum Gasteiger partial charge on any atom is -0.398 e. The zero-order valence-corrected chi connectivity index (χ0v) is 8.33. The van der Waals surface area contributed by atoms with E-state index in [2.05, 4.69) is 9.97 Å². The fraction of sp³-hybridized carbons (Fsp3) is 0.182. The first-order valence-corrected chi connectivity index (χ1v) is 4.55. The minimum absolute atomic E-state index is 0.793. The van der Waals surface area contributed by atoms with E-state index in [1.165, 1.54) is 0 Å². The highest BCUT2D eigenvalue weighted by Gasteiger charge is 2.06. The Morgan fingerprint density at radius 3 is 2.71 bits per heavy atom. The average Bonchev–Trinajstić information content (AvgIpc) is 2.57. The van der Waals surface area contributed by atoms with Crippen molar-refractivity contribution in [3.05, 3.63) is 35.7 Å². The lowest BCUT2D eigenvalue weighted by Crippen LogP contribution is -1.94. The summed E-state index contributed by atoms with van der Waals surface area (Å²) in [4.78, 5) is 7.42. The third kappa shape index (κ3) is 1.37. The number of H-pyrrole nitrogens is 1. The van der Waals surface area contributed by atoms with Gasteiger partial charge >= 0.3 is 0 Å². The summed E-state index contributed by atoms with van der Waals surface area (Å²) in [6.45, 7) is 3.97. The van der Waals surface area contributed by atoms with Gasteiger partial charge in [-0.3, -0.25) is 0 Å². The first-order chi connectivity index (χ1) is 6.68. The molecule has 2 aromatic rings. The van der Waals surface area contributed by atoms with E-state index < -0.39 is 0 Å². The molecule has 14 heavy (non-hydrogen) atoms. The highest BCUT2D eigenvalue weighted by Crippen LogP contribution is 2.25. The molecule has 2 rings (SSSR count). The van der Waals surface area contributed by atoms with Crippen molar-refractivity contribution < 1.29 is 0 Å². The molecule has 0 aliphatic carbocycles. The van der Waals surface area contributed by atoms with E-state index in [0.717, 1.165) is 28.3 Å². The monoisotopic (exact) mass is 187 g/mol. The van der Waals surface area contributed by atoms with Crippen LogP contribution in [0, 0.1) is 13.8 Å². The van der Waals surface area contributed by atoms with Crippen LogP contribution in [0.15, 0.2) is 24.4 Å². The van der Waals surface area contributed by atoms with E-state index in [1.807, 2.05) is 32.0 Å². The molecule has 0 bridgehead atoms.